The number of aromatic nitrogens is 2. The number of aliphatic hydroxyl groups is 1. The average molecular weight is 297 g/mol. The number of aliphatic hydroxyl groups excluding tert-OH is 1. The van der Waals surface area contributed by atoms with Crippen LogP contribution in [0.4, 0.5) is 10.5 Å². The molecule has 3 N–H and O–H groups in total. The number of amides is 2. The molecule has 0 aliphatic carbocycles. The Kier molecular flexibility index (Phi) is 7.18. The third-order valence-corrected chi connectivity index (χ3v) is 2.91. The molecule has 1 rings (SSSR count). The van der Waals surface area contributed by atoms with Gasteiger partial charge in [-0.25, -0.2) is 4.79 Å². The molecule has 1 atom stereocenters. The van der Waals surface area contributed by atoms with Crippen LogP contribution in [-0.4, -0.2) is 59.1 Å². The molecular formula is C14H27N5O2. The molecule has 1 aromatic rings. The SMILES string of the molecule is CC(C)CC(O)CNC(=O)Nc1cnn(CCN(C)C)c1. The normalized spacial score (nSPS) is 12.7. The second-order valence-electron chi connectivity index (χ2n) is 5.91. The van der Waals surface area contributed by atoms with Crippen molar-refractivity contribution in [1.82, 2.24) is 20.0 Å². The van der Waals surface area contributed by atoms with Gasteiger partial charge in [0.15, 0.2) is 0 Å². The number of nitrogens with zero attached hydrogens (tertiary/aromatic N) is 3. The monoisotopic (exact) mass is 297 g/mol. The average Bonchev–Trinajstić information content (AvgIpc) is 2.81. The highest BCUT2D eigenvalue weighted by Crippen LogP contribution is 2.05. The molecule has 120 valence electrons. The van der Waals surface area contributed by atoms with Crippen LogP contribution in [-0.2, 0) is 6.54 Å². The molecule has 1 aromatic heterocycles. The molecule has 0 aliphatic rings. The van der Waals surface area contributed by atoms with Gasteiger partial charge in [0.1, 0.15) is 0 Å². The van der Waals surface area contributed by atoms with Gasteiger partial charge in [-0.3, -0.25) is 4.68 Å². The standard InChI is InChI=1S/C14H27N5O2/c1-11(2)7-13(20)9-15-14(21)17-12-8-16-19(10-12)6-5-18(3)4/h8,10-11,13,20H,5-7,9H2,1-4H3,(H2,15,17,21). The highest BCUT2D eigenvalue weighted by molar-refractivity contribution is 5.88. The Labute approximate surface area is 126 Å². The van der Waals surface area contributed by atoms with Gasteiger partial charge in [0.2, 0.25) is 0 Å². The van der Waals surface area contributed by atoms with Crippen molar-refractivity contribution in [3.8, 4) is 0 Å². The number of rotatable bonds is 8. The first kappa shape index (κ1) is 17.5. The molecule has 0 aliphatic heterocycles. The van der Waals surface area contributed by atoms with Gasteiger partial charge in [0.25, 0.3) is 0 Å². The summed E-state index contributed by atoms with van der Waals surface area (Å²) < 4.78 is 1.78. The number of urea groups is 1. The van der Waals surface area contributed by atoms with Crippen LogP contribution in [0.3, 0.4) is 0 Å². The summed E-state index contributed by atoms with van der Waals surface area (Å²) in [5.41, 5.74) is 0.643. The summed E-state index contributed by atoms with van der Waals surface area (Å²) in [7, 11) is 4.00. The smallest absolute Gasteiger partial charge is 0.319 e. The maximum Gasteiger partial charge on any atom is 0.319 e. The van der Waals surface area contributed by atoms with Gasteiger partial charge in [-0.05, 0) is 26.4 Å². The largest absolute Gasteiger partial charge is 0.391 e. The van der Waals surface area contributed by atoms with Crippen LogP contribution in [0, 0.1) is 5.92 Å². The van der Waals surface area contributed by atoms with E-state index >= 15 is 0 Å². The molecular weight excluding hydrogens is 270 g/mol. The molecule has 1 heterocycles. The third kappa shape index (κ3) is 7.67. The van der Waals surface area contributed by atoms with E-state index in [0.717, 1.165) is 13.1 Å². The maximum atomic E-state index is 11.7. The van der Waals surface area contributed by atoms with Crippen LogP contribution in [0.5, 0.6) is 0 Å². The van der Waals surface area contributed by atoms with Gasteiger partial charge in [-0.1, -0.05) is 13.8 Å². The summed E-state index contributed by atoms with van der Waals surface area (Å²) in [6.07, 6.45) is 3.55. The van der Waals surface area contributed by atoms with Gasteiger partial charge in [0, 0.05) is 19.3 Å². The second kappa shape index (κ2) is 8.63. The Morgan fingerprint density at radius 1 is 1.48 bits per heavy atom. The molecule has 0 aromatic carbocycles. The lowest BCUT2D eigenvalue weighted by atomic mass is 10.1. The van der Waals surface area contributed by atoms with E-state index in [9.17, 15) is 9.90 Å². The topological polar surface area (TPSA) is 82.4 Å². The lowest BCUT2D eigenvalue weighted by Crippen LogP contribution is -2.35. The van der Waals surface area contributed by atoms with E-state index in [1.807, 2.05) is 27.9 Å². The quantitative estimate of drug-likeness (QED) is 0.668. The number of carbonyl (C=O) groups excluding carboxylic acids is 1. The Bertz CT molecular complexity index is 431. The van der Waals surface area contributed by atoms with Crippen LogP contribution >= 0.6 is 0 Å². The maximum absolute atomic E-state index is 11.7. The summed E-state index contributed by atoms with van der Waals surface area (Å²) in [4.78, 5) is 13.8. The molecule has 7 nitrogen and oxygen atoms in total. The fourth-order valence-corrected chi connectivity index (χ4v) is 1.87. The van der Waals surface area contributed by atoms with E-state index in [0.29, 0.717) is 18.0 Å². The first-order valence-electron chi connectivity index (χ1n) is 7.27. The van der Waals surface area contributed by atoms with Crippen LogP contribution < -0.4 is 10.6 Å². The Balaban J connectivity index is 2.31. The molecule has 0 saturated carbocycles. The molecule has 0 spiro atoms. The van der Waals surface area contributed by atoms with Crippen LogP contribution in [0.2, 0.25) is 0 Å². The minimum Gasteiger partial charge on any atom is -0.391 e. The van der Waals surface area contributed by atoms with Crippen molar-refractivity contribution in [2.45, 2.75) is 32.9 Å². The molecule has 0 radical (unpaired) electrons. The van der Waals surface area contributed by atoms with Crippen molar-refractivity contribution in [1.29, 1.82) is 0 Å². The first-order chi connectivity index (χ1) is 9.86. The van der Waals surface area contributed by atoms with Crippen LogP contribution in [0.25, 0.3) is 0 Å². The van der Waals surface area contributed by atoms with Crippen molar-refractivity contribution < 1.29 is 9.90 Å². The first-order valence-corrected chi connectivity index (χ1v) is 7.27. The zero-order valence-electron chi connectivity index (χ0n) is 13.3. The van der Waals surface area contributed by atoms with E-state index in [2.05, 4.69) is 20.6 Å². The molecule has 21 heavy (non-hydrogen) atoms. The number of likely N-dealkylation sites (N-methyl/N-ethyl adjacent to an activating group) is 1. The van der Waals surface area contributed by atoms with Gasteiger partial charge in [-0.2, -0.15) is 5.10 Å². The summed E-state index contributed by atoms with van der Waals surface area (Å²) in [6.45, 7) is 5.97. The van der Waals surface area contributed by atoms with Gasteiger partial charge >= 0.3 is 6.03 Å². The zero-order valence-corrected chi connectivity index (χ0v) is 13.3. The van der Waals surface area contributed by atoms with E-state index in [-0.39, 0.29) is 12.6 Å². The summed E-state index contributed by atoms with van der Waals surface area (Å²) in [5.74, 6) is 0.403. The molecule has 0 fully saturated rings. The fraction of sp³-hybridized carbons (Fsp3) is 0.714. The van der Waals surface area contributed by atoms with Crippen molar-refractivity contribution in [3.63, 3.8) is 0 Å². The minimum absolute atomic E-state index is 0.249. The summed E-state index contributed by atoms with van der Waals surface area (Å²) in [6, 6.07) is -0.329. The van der Waals surface area contributed by atoms with Crippen molar-refractivity contribution in [3.05, 3.63) is 12.4 Å². The molecule has 7 heteroatoms. The molecule has 1 unspecified atom stereocenters. The lowest BCUT2D eigenvalue weighted by molar-refractivity contribution is 0.148. The number of hydrogen-bond acceptors (Lipinski definition) is 4. The van der Waals surface area contributed by atoms with Gasteiger partial charge in [0.05, 0.1) is 24.5 Å². The van der Waals surface area contributed by atoms with Crippen LogP contribution in [0.15, 0.2) is 12.4 Å². The number of anilines is 1. The zero-order chi connectivity index (χ0) is 15.8. The number of carbonyl (C=O) groups is 1. The Hall–Kier alpha value is -1.60. The Morgan fingerprint density at radius 2 is 2.19 bits per heavy atom. The van der Waals surface area contributed by atoms with Crippen molar-refractivity contribution in [2.24, 2.45) is 5.92 Å². The van der Waals surface area contributed by atoms with Gasteiger partial charge in [-0.15, -0.1) is 0 Å². The number of nitrogens with one attached hydrogen (secondary N) is 2. The molecule has 0 saturated heterocycles. The van der Waals surface area contributed by atoms with E-state index in [1.165, 1.54) is 0 Å². The van der Waals surface area contributed by atoms with E-state index < -0.39 is 6.10 Å². The second-order valence-corrected chi connectivity index (χ2v) is 5.91. The minimum atomic E-state index is -0.515. The van der Waals surface area contributed by atoms with Crippen molar-refractivity contribution in [2.75, 3.05) is 32.5 Å². The molecule has 0 bridgehead atoms. The molecule has 2 amide bonds. The van der Waals surface area contributed by atoms with E-state index in [4.69, 9.17) is 0 Å². The third-order valence-electron chi connectivity index (χ3n) is 2.91. The highest BCUT2D eigenvalue weighted by Gasteiger charge is 2.09. The van der Waals surface area contributed by atoms with Crippen LogP contribution in [0.1, 0.15) is 20.3 Å². The summed E-state index contributed by atoms with van der Waals surface area (Å²) >= 11 is 0. The fourth-order valence-electron chi connectivity index (χ4n) is 1.87. The Morgan fingerprint density at radius 3 is 2.81 bits per heavy atom. The number of hydrogen-bond donors (Lipinski definition) is 3. The lowest BCUT2D eigenvalue weighted by Gasteiger charge is -2.13. The predicted octanol–water partition coefficient (Wildman–Crippen LogP) is 0.973. The summed E-state index contributed by atoms with van der Waals surface area (Å²) in [5, 5.41) is 19.2. The highest BCUT2D eigenvalue weighted by atomic mass is 16.3. The van der Waals surface area contributed by atoms with Gasteiger partial charge < -0.3 is 20.6 Å². The predicted molar refractivity (Wildman–Crippen MR) is 83.3 cm³/mol. The van der Waals surface area contributed by atoms with Crippen molar-refractivity contribution >= 4 is 11.7 Å². The van der Waals surface area contributed by atoms with E-state index in [1.54, 1.807) is 17.1 Å².